The molecule has 1 heterocycles. The quantitative estimate of drug-likeness (QED) is 0.0598. The standard InChI is InChI=1S/C27H46N8O9S2/c1-14(27(43)44)31-23(39)16(6-7-20(29)36)33-25(41)19-5-4-10-35(19)26(42)18(13-21(30)37)34-24(40)17(9-12-46-3)32-22(38)15(28)8-11-45-2/h14-19H,4-13,28H2,1-3H3,(H2,29,36)(H2,30,37)(H,31,39)(H,32,38)(H,33,41)(H,34,40)(H,43,44)/t14-,15-,16-,17-,18-,19-/m0/s1. The lowest BCUT2D eigenvalue weighted by Crippen LogP contribution is -2.59. The van der Waals surface area contributed by atoms with Gasteiger partial charge in [0.05, 0.1) is 12.5 Å². The molecule has 0 radical (unpaired) electrons. The van der Waals surface area contributed by atoms with E-state index < -0.39 is 90.0 Å². The zero-order valence-electron chi connectivity index (χ0n) is 26.2. The molecule has 260 valence electrons. The normalized spacial score (nSPS) is 17.5. The number of nitrogens with zero attached hydrogens (tertiary/aromatic N) is 1. The van der Waals surface area contributed by atoms with E-state index in [-0.39, 0.29) is 32.2 Å². The molecule has 19 heteroatoms. The Morgan fingerprint density at radius 1 is 0.804 bits per heavy atom. The Kier molecular flexibility index (Phi) is 18.0. The largest absolute Gasteiger partial charge is 0.480 e. The zero-order chi connectivity index (χ0) is 35.0. The van der Waals surface area contributed by atoms with Crippen LogP contribution < -0.4 is 38.5 Å². The molecule has 0 aromatic heterocycles. The molecule has 0 spiro atoms. The predicted octanol–water partition coefficient (Wildman–Crippen LogP) is -3.00. The van der Waals surface area contributed by atoms with Crippen LogP contribution in [0.15, 0.2) is 0 Å². The first-order chi connectivity index (χ1) is 21.6. The lowest BCUT2D eigenvalue weighted by Gasteiger charge is -2.30. The van der Waals surface area contributed by atoms with E-state index in [9.17, 15) is 38.4 Å². The van der Waals surface area contributed by atoms with Gasteiger partial charge in [0.2, 0.25) is 41.4 Å². The predicted molar refractivity (Wildman–Crippen MR) is 172 cm³/mol. The van der Waals surface area contributed by atoms with Crippen LogP contribution in [0, 0.1) is 0 Å². The molecule has 0 aliphatic carbocycles. The number of aliphatic carboxylic acids is 1. The molecule has 1 aliphatic rings. The highest BCUT2D eigenvalue weighted by molar-refractivity contribution is 7.98. The topological polar surface area (TPSA) is 286 Å². The molecule has 0 saturated carbocycles. The molecule has 11 N–H and O–H groups in total. The SMILES string of the molecule is CSCC[C@H](NC(=O)[C@@H](N)CCSC)C(=O)N[C@@H](CC(N)=O)C(=O)N1CCC[C@H]1C(=O)N[C@@H](CCC(N)=O)C(=O)N[C@@H](C)C(=O)O. The first-order valence-electron chi connectivity index (χ1n) is 14.7. The number of hydrogen-bond donors (Lipinski definition) is 8. The molecule has 6 atom stereocenters. The van der Waals surface area contributed by atoms with Crippen LogP contribution in [0.25, 0.3) is 0 Å². The molecular formula is C27H46N8O9S2. The minimum Gasteiger partial charge on any atom is -0.480 e. The molecule has 0 unspecified atom stereocenters. The molecule has 1 fully saturated rings. The Hall–Kier alpha value is -3.58. The first kappa shape index (κ1) is 40.4. The summed E-state index contributed by atoms with van der Waals surface area (Å²) in [7, 11) is 0. The molecule has 17 nitrogen and oxygen atoms in total. The number of carbonyl (C=O) groups is 8. The second kappa shape index (κ2) is 20.5. The van der Waals surface area contributed by atoms with E-state index in [4.69, 9.17) is 22.3 Å². The number of nitrogens with two attached hydrogens (primary N) is 3. The van der Waals surface area contributed by atoms with Crippen LogP contribution in [0.2, 0.25) is 0 Å². The zero-order valence-corrected chi connectivity index (χ0v) is 27.9. The summed E-state index contributed by atoms with van der Waals surface area (Å²) < 4.78 is 0. The lowest BCUT2D eigenvalue weighted by atomic mass is 10.1. The fourth-order valence-corrected chi connectivity index (χ4v) is 5.50. The van der Waals surface area contributed by atoms with Gasteiger partial charge >= 0.3 is 5.97 Å². The summed E-state index contributed by atoms with van der Waals surface area (Å²) in [5.41, 5.74) is 16.5. The molecule has 0 bridgehead atoms. The van der Waals surface area contributed by atoms with E-state index in [0.29, 0.717) is 24.3 Å². The highest BCUT2D eigenvalue weighted by Gasteiger charge is 2.40. The average molecular weight is 691 g/mol. The van der Waals surface area contributed by atoms with Crippen molar-refractivity contribution < 1.29 is 43.5 Å². The third-order valence-corrected chi connectivity index (χ3v) is 8.40. The minimum atomic E-state index is -1.47. The smallest absolute Gasteiger partial charge is 0.325 e. The van der Waals surface area contributed by atoms with Gasteiger partial charge in [-0.05, 0) is 63.0 Å². The first-order valence-corrected chi connectivity index (χ1v) is 17.5. The van der Waals surface area contributed by atoms with Crippen molar-refractivity contribution in [1.29, 1.82) is 0 Å². The molecule has 0 aromatic rings. The maximum absolute atomic E-state index is 13.7. The number of likely N-dealkylation sites (tertiary alicyclic amines) is 1. The summed E-state index contributed by atoms with van der Waals surface area (Å²) in [6, 6.07) is -7.16. The van der Waals surface area contributed by atoms with Gasteiger partial charge in [0.1, 0.15) is 30.2 Å². The van der Waals surface area contributed by atoms with Gasteiger partial charge in [-0.2, -0.15) is 23.5 Å². The van der Waals surface area contributed by atoms with Gasteiger partial charge in [-0.15, -0.1) is 0 Å². The highest BCUT2D eigenvalue weighted by Crippen LogP contribution is 2.20. The van der Waals surface area contributed by atoms with Crippen LogP contribution >= 0.6 is 23.5 Å². The van der Waals surface area contributed by atoms with Crippen molar-refractivity contribution in [1.82, 2.24) is 26.2 Å². The highest BCUT2D eigenvalue weighted by atomic mass is 32.2. The van der Waals surface area contributed by atoms with Gasteiger partial charge in [0, 0.05) is 13.0 Å². The Labute approximate surface area is 276 Å². The van der Waals surface area contributed by atoms with Crippen molar-refractivity contribution >= 4 is 70.8 Å². The number of carbonyl (C=O) groups excluding carboxylic acids is 7. The number of nitrogens with one attached hydrogen (secondary N) is 4. The number of hydrogen-bond acceptors (Lipinski definition) is 11. The molecule has 46 heavy (non-hydrogen) atoms. The number of rotatable bonds is 21. The Morgan fingerprint density at radius 3 is 1.93 bits per heavy atom. The molecular weight excluding hydrogens is 644 g/mol. The Balaban J connectivity index is 3.15. The van der Waals surface area contributed by atoms with Gasteiger partial charge in [0.15, 0.2) is 0 Å². The van der Waals surface area contributed by atoms with Crippen molar-refractivity contribution in [3.63, 3.8) is 0 Å². The molecule has 1 saturated heterocycles. The maximum Gasteiger partial charge on any atom is 0.325 e. The van der Waals surface area contributed by atoms with E-state index >= 15 is 0 Å². The Morgan fingerprint density at radius 2 is 1.37 bits per heavy atom. The lowest BCUT2D eigenvalue weighted by molar-refractivity contribution is -0.144. The summed E-state index contributed by atoms with van der Waals surface area (Å²) in [5, 5.41) is 18.9. The summed E-state index contributed by atoms with van der Waals surface area (Å²) in [5.74, 6) is -5.57. The molecule has 7 amide bonds. The van der Waals surface area contributed by atoms with Crippen LogP contribution in [0.4, 0.5) is 0 Å². The fourth-order valence-electron chi connectivity index (χ4n) is 4.54. The molecule has 1 aliphatic heterocycles. The average Bonchev–Trinajstić information content (AvgIpc) is 3.48. The fraction of sp³-hybridized carbons (Fsp3) is 0.704. The van der Waals surface area contributed by atoms with Crippen LogP contribution in [-0.2, 0) is 38.4 Å². The van der Waals surface area contributed by atoms with E-state index in [1.807, 2.05) is 12.5 Å². The van der Waals surface area contributed by atoms with Crippen molar-refractivity contribution in [3.05, 3.63) is 0 Å². The van der Waals surface area contributed by atoms with Crippen LogP contribution in [0.5, 0.6) is 0 Å². The number of thioether (sulfide) groups is 2. The second-order valence-electron chi connectivity index (χ2n) is 10.8. The van der Waals surface area contributed by atoms with Crippen molar-refractivity contribution in [2.24, 2.45) is 17.2 Å². The number of primary amides is 2. The van der Waals surface area contributed by atoms with Crippen LogP contribution in [0.1, 0.15) is 51.9 Å². The van der Waals surface area contributed by atoms with Crippen molar-refractivity contribution in [3.8, 4) is 0 Å². The van der Waals surface area contributed by atoms with Crippen molar-refractivity contribution in [2.75, 3.05) is 30.6 Å². The molecule has 1 rings (SSSR count). The molecule has 0 aromatic carbocycles. The summed E-state index contributed by atoms with van der Waals surface area (Å²) >= 11 is 2.94. The second-order valence-corrected chi connectivity index (χ2v) is 12.8. The van der Waals surface area contributed by atoms with E-state index in [1.54, 1.807) is 0 Å². The number of carboxylic acid groups (broad SMARTS) is 1. The van der Waals surface area contributed by atoms with Crippen LogP contribution in [0.3, 0.4) is 0 Å². The van der Waals surface area contributed by atoms with Gasteiger partial charge in [-0.25, -0.2) is 0 Å². The third-order valence-electron chi connectivity index (χ3n) is 7.11. The number of amides is 7. The van der Waals surface area contributed by atoms with Crippen LogP contribution in [-0.4, -0.2) is 124 Å². The van der Waals surface area contributed by atoms with Gasteiger partial charge in [-0.1, -0.05) is 0 Å². The summed E-state index contributed by atoms with van der Waals surface area (Å²) in [4.78, 5) is 101. The third kappa shape index (κ3) is 13.8. The van der Waals surface area contributed by atoms with Gasteiger partial charge in [-0.3, -0.25) is 38.4 Å². The summed E-state index contributed by atoms with van der Waals surface area (Å²) in [6.07, 6.45) is 3.69. The van der Waals surface area contributed by atoms with Gasteiger partial charge in [0.25, 0.3) is 0 Å². The maximum atomic E-state index is 13.7. The summed E-state index contributed by atoms with van der Waals surface area (Å²) in [6.45, 7) is 1.29. The number of carboxylic acids is 1. The van der Waals surface area contributed by atoms with E-state index in [1.165, 1.54) is 30.4 Å². The van der Waals surface area contributed by atoms with Gasteiger partial charge < -0.3 is 48.5 Å². The van der Waals surface area contributed by atoms with Crippen molar-refractivity contribution in [2.45, 2.75) is 88.1 Å². The monoisotopic (exact) mass is 690 g/mol. The van der Waals surface area contributed by atoms with E-state index in [0.717, 1.165) is 4.90 Å². The van der Waals surface area contributed by atoms with E-state index in [2.05, 4.69) is 21.3 Å². The minimum absolute atomic E-state index is 0.0766. The Bertz CT molecular complexity index is 1130.